The minimum atomic E-state index is 0.235. The fraction of sp³-hybridized carbons (Fsp3) is 0.562. The molecule has 1 heterocycles. The van der Waals surface area contributed by atoms with Gasteiger partial charge in [-0.05, 0) is 31.4 Å². The van der Waals surface area contributed by atoms with Gasteiger partial charge in [0.05, 0.1) is 0 Å². The second-order valence-corrected chi connectivity index (χ2v) is 5.12. The average Bonchev–Trinajstić information content (AvgIpc) is 2.94. The second-order valence-electron chi connectivity index (χ2n) is 5.12. The molecule has 0 aromatic heterocycles. The fourth-order valence-corrected chi connectivity index (χ4v) is 2.71. The highest BCUT2D eigenvalue weighted by Crippen LogP contribution is 2.26. The average molecular weight is 275 g/mol. The van der Waals surface area contributed by atoms with Crippen LogP contribution in [0.1, 0.15) is 31.4 Å². The van der Waals surface area contributed by atoms with Crippen molar-refractivity contribution in [2.75, 3.05) is 31.5 Å². The maximum absolute atomic E-state index is 11.9. The Morgan fingerprint density at radius 3 is 2.90 bits per heavy atom. The Hall–Kier alpha value is -1.55. The molecular formula is C16H25N3O. The SMILES string of the molecule is CCN(CC)C(=O)CCNCc1cccc2c1NCC2. The van der Waals surface area contributed by atoms with Crippen molar-refractivity contribution in [2.24, 2.45) is 0 Å². The number of benzene rings is 1. The van der Waals surface area contributed by atoms with Crippen LogP contribution in [0.4, 0.5) is 5.69 Å². The predicted octanol–water partition coefficient (Wildman–Crippen LogP) is 2.00. The number of carbonyl (C=O) groups excluding carboxylic acids is 1. The van der Waals surface area contributed by atoms with E-state index >= 15 is 0 Å². The number of anilines is 1. The van der Waals surface area contributed by atoms with Gasteiger partial charge in [-0.3, -0.25) is 4.79 Å². The van der Waals surface area contributed by atoms with Gasteiger partial charge < -0.3 is 15.5 Å². The second kappa shape index (κ2) is 7.29. The third kappa shape index (κ3) is 3.51. The molecule has 20 heavy (non-hydrogen) atoms. The van der Waals surface area contributed by atoms with Crippen LogP contribution in [-0.2, 0) is 17.8 Å². The predicted molar refractivity (Wildman–Crippen MR) is 82.9 cm³/mol. The summed E-state index contributed by atoms with van der Waals surface area (Å²) in [6, 6.07) is 6.45. The maximum Gasteiger partial charge on any atom is 0.223 e. The monoisotopic (exact) mass is 275 g/mol. The van der Waals surface area contributed by atoms with Crippen LogP contribution in [0.15, 0.2) is 18.2 Å². The molecule has 4 nitrogen and oxygen atoms in total. The minimum Gasteiger partial charge on any atom is -0.384 e. The Balaban J connectivity index is 1.77. The first-order valence-electron chi connectivity index (χ1n) is 7.59. The molecule has 0 radical (unpaired) electrons. The van der Waals surface area contributed by atoms with Crippen LogP contribution >= 0.6 is 0 Å². The van der Waals surface area contributed by atoms with Gasteiger partial charge >= 0.3 is 0 Å². The molecule has 1 amide bonds. The van der Waals surface area contributed by atoms with Crippen molar-refractivity contribution in [1.82, 2.24) is 10.2 Å². The van der Waals surface area contributed by atoms with Gasteiger partial charge in [0.25, 0.3) is 0 Å². The zero-order chi connectivity index (χ0) is 14.4. The van der Waals surface area contributed by atoms with Crippen LogP contribution in [0.3, 0.4) is 0 Å². The van der Waals surface area contributed by atoms with Crippen LogP contribution in [0.5, 0.6) is 0 Å². The number of nitrogens with zero attached hydrogens (tertiary/aromatic N) is 1. The molecule has 2 N–H and O–H groups in total. The molecule has 0 fully saturated rings. The number of amides is 1. The molecule has 0 saturated heterocycles. The van der Waals surface area contributed by atoms with Crippen molar-refractivity contribution in [3.63, 3.8) is 0 Å². The van der Waals surface area contributed by atoms with Gasteiger partial charge in [0.15, 0.2) is 0 Å². The van der Waals surface area contributed by atoms with Gasteiger partial charge in [-0.2, -0.15) is 0 Å². The van der Waals surface area contributed by atoms with Gasteiger partial charge in [0.1, 0.15) is 0 Å². The first kappa shape index (κ1) is 14.9. The first-order valence-corrected chi connectivity index (χ1v) is 7.59. The Labute approximate surface area is 121 Å². The van der Waals surface area contributed by atoms with Crippen LogP contribution in [-0.4, -0.2) is 37.0 Å². The van der Waals surface area contributed by atoms with Crippen molar-refractivity contribution in [3.8, 4) is 0 Å². The van der Waals surface area contributed by atoms with E-state index in [1.807, 2.05) is 18.7 Å². The summed E-state index contributed by atoms with van der Waals surface area (Å²) in [4.78, 5) is 13.8. The van der Waals surface area contributed by atoms with Gasteiger partial charge in [-0.1, -0.05) is 18.2 Å². The number of hydrogen-bond donors (Lipinski definition) is 2. The largest absolute Gasteiger partial charge is 0.384 e. The number of rotatable bonds is 7. The van der Waals surface area contributed by atoms with Crippen molar-refractivity contribution < 1.29 is 4.79 Å². The van der Waals surface area contributed by atoms with Gasteiger partial charge in [-0.15, -0.1) is 0 Å². The molecule has 1 aromatic rings. The zero-order valence-electron chi connectivity index (χ0n) is 12.5. The summed E-state index contributed by atoms with van der Waals surface area (Å²) >= 11 is 0. The molecule has 2 rings (SSSR count). The Bertz CT molecular complexity index is 455. The fourth-order valence-electron chi connectivity index (χ4n) is 2.71. The highest BCUT2D eigenvalue weighted by atomic mass is 16.2. The first-order chi connectivity index (χ1) is 9.76. The topological polar surface area (TPSA) is 44.4 Å². The van der Waals surface area contributed by atoms with Crippen molar-refractivity contribution in [2.45, 2.75) is 33.2 Å². The van der Waals surface area contributed by atoms with Crippen molar-refractivity contribution >= 4 is 11.6 Å². The molecule has 0 bridgehead atoms. The molecule has 0 aliphatic carbocycles. The normalized spacial score (nSPS) is 12.9. The lowest BCUT2D eigenvalue weighted by molar-refractivity contribution is -0.130. The summed E-state index contributed by atoms with van der Waals surface area (Å²) < 4.78 is 0. The van der Waals surface area contributed by atoms with E-state index in [0.29, 0.717) is 6.42 Å². The number of nitrogens with one attached hydrogen (secondary N) is 2. The molecule has 110 valence electrons. The Morgan fingerprint density at radius 1 is 1.35 bits per heavy atom. The van der Waals surface area contributed by atoms with E-state index in [1.165, 1.54) is 16.8 Å². The van der Waals surface area contributed by atoms with E-state index in [1.54, 1.807) is 0 Å². The van der Waals surface area contributed by atoms with Gasteiger partial charge in [-0.25, -0.2) is 0 Å². The van der Waals surface area contributed by atoms with E-state index in [-0.39, 0.29) is 5.91 Å². The lowest BCUT2D eigenvalue weighted by Gasteiger charge is -2.18. The number of hydrogen-bond acceptors (Lipinski definition) is 3. The number of carbonyl (C=O) groups is 1. The van der Waals surface area contributed by atoms with E-state index < -0.39 is 0 Å². The standard InChI is InChI=1S/C16H25N3O/c1-3-19(4-2)15(20)9-10-17-12-14-7-5-6-13-8-11-18-16(13)14/h5-7,17-18H,3-4,8-12H2,1-2H3. The highest BCUT2D eigenvalue weighted by molar-refractivity contribution is 5.76. The highest BCUT2D eigenvalue weighted by Gasteiger charge is 2.13. The lowest BCUT2D eigenvalue weighted by atomic mass is 10.1. The van der Waals surface area contributed by atoms with Crippen LogP contribution in [0, 0.1) is 0 Å². The van der Waals surface area contributed by atoms with Gasteiger partial charge in [0, 0.05) is 44.8 Å². The summed E-state index contributed by atoms with van der Waals surface area (Å²) in [5.74, 6) is 0.235. The van der Waals surface area contributed by atoms with Crippen molar-refractivity contribution in [3.05, 3.63) is 29.3 Å². The Kier molecular flexibility index (Phi) is 5.41. The Morgan fingerprint density at radius 2 is 2.15 bits per heavy atom. The summed E-state index contributed by atoms with van der Waals surface area (Å²) in [6.45, 7) is 8.23. The van der Waals surface area contributed by atoms with Crippen LogP contribution in [0.25, 0.3) is 0 Å². The molecule has 1 aromatic carbocycles. The molecular weight excluding hydrogens is 250 g/mol. The smallest absolute Gasteiger partial charge is 0.223 e. The molecule has 0 unspecified atom stereocenters. The van der Waals surface area contributed by atoms with Crippen LogP contribution in [0.2, 0.25) is 0 Å². The van der Waals surface area contributed by atoms with E-state index in [2.05, 4.69) is 28.8 Å². The minimum absolute atomic E-state index is 0.235. The zero-order valence-corrected chi connectivity index (χ0v) is 12.5. The van der Waals surface area contributed by atoms with Gasteiger partial charge in [0.2, 0.25) is 5.91 Å². The lowest BCUT2D eigenvalue weighted by Crippen LogP contribution is -2.32. The van der Waals surface area contributed by atoms with E-state index in [0.717, 1.165) is 39.1 Å². The number of fused-ring (bicyclic) bond motifs is 1. The summed E-state index contributed by atoms with van der Waals surface area (Å²) in [6.07, 6.45) is 1.69. The molecule has 4 heteroatoms. The maximum atomic E-state index is 11.9. The molecule has 0 spiro atoms. The summed E-state index contributed by atoms with van der Waals surface area (Å²) in [7, 11) is 0. The quantitative estimate of drug-likeness (QED) is 0.748. The third-order valence-corrected chi connectivity index (χ3v) is 3.88. The molecule has 0 atom stereocenters. The van der Waals surface area contributed by atoms with Crippen LogP contribution < -0.4 is 10.6 Å². The molecule has 1 aliphatic heterocycles. The summed E-state index contributed by atoms with van der Waals surface area (Å²) in [5.41, 5.74) is 3.99. The summed E-state index contributed by atoms with van der Waals surface area (Å²) in [5, 5.41) is 6.82. The molecule has 0 saturated carbocycles. The third-order valence-electron chi connectivity index (χ3n) is 3.88. The van der Waals surface area contributed by atoms with E-state index in [4.69, 9.17) is 0 Å². The van der Waals surface area contributed by atoms with Crippen molar-refractivity contribution in [1.29, 1.82) is 0 Å². The van der Waals surface area contributed by atoms with E-state index in [9.17, 15) is 4.79 Å². The number of para-hydroxylation sites is 1. The molecule has 1 aliphatic rings.